The van der Waals surface area contributed by atoms with Gasteiger partial charge in [0.1, 0.15) is 0 Å². The highest BCUT2D eigenvalue weighted by atomic mass is 19.4. The van der Waals surface area contributed by atoms with Crippen molar-refractivity contribution < 1.29 is 31.2 Å². The zero-order chi connectivity index (χ0) is 15.0. The van der Waals surface area contributed by atoms with Crippen molar-refractivity contribution in [3.8, 4) is 0 Å². The molecule has 0 bridgehead atoms. The van der Waals surface area contributed by atoms with Crippen LogP contribution in [0.1, 0.15) is 37.0 Å². The van der Waals surface area contributed by atoms with Crippen LogP contribution in [0.15, 0.2) is 4.52 Å². The van der Waals surface area contributed by atoms with Crippen LogP contribution in [0.2, 0.25) is 0 Å². The molecule has 0 saturated heterocycles. The zero-order valence-electron chi connectivity index (χ0n) is 10.2. The quantitative estimate of drug-likeness (QED) is 0.845. The van der Waals surface area contributed by atoms with Crippen LogP contribution in [-0.2, 0) is 10.7 Å². The number of halogens is 5. The van der Waals surface area contributed by atoms with Gasteiger partial charge in [-0.05, 0) is 19.3 Å². The van der Waals surface area contributed by atoms with E-state index in [0.717, 1.165) is 19.3 Å². The maximum atomic E-state index is 12.9. The Kier molecular flexibility index (Phi) is 3.96. The molecule has 0 aliphatic heterocycles. The predicted octanol–water partition coefficient (Wildman–Crippen LogP) is 2.29. The third-order valence-corrected chi connectivity index (χ3v) is 2.96. The minimum atomic E-state index is -5.80. The Labute approximate surface area is 110 Å². The second-order valence-electron chi connectivity index (χ2n) is 4.52. The average molecular weight is 301 g/mol. The summed E-state index contributed by atoms with van der Waals surface area (Å²) in [6.45, 7) is -0.0682. The van der Waals surface area contributed by atoms with Crippen LogP contribution in [0, 0.1) is 0 Å². The van der Waals surface area contributed by atoms with Gasteiger partial charge in [0.25, 0.3) is 0 Å². The third-order valence-electron chi connectivity index (χ3n) is 2.96. The van der Waals surface area contributed by atoms with Crippen LogP contribution in [0.3, 0.4) is 0 Å². The molecule has 1 aliphatic carbocycles. The summed E-state index contributed by atoms with van der Waals surface area (Å²) in [5, 5.41) is 3.05. The largest absolute Gasteiger partial charge is 0.463 e. The van der Waals surface area contributed by atoms with Crippen LogP contribution in [0.4, 0.5) is 22.0 Å². The van der Waals surface area contributed by atoms with Gasteiger partial charge >= 0.3 is 18.0 Å². The molecule has 1 aromatic rings. The van der Waals surface area contributed by atoms with Gasteiger partial charge in [0, 0.05) is 0 Å². The fourth-order valence-corrected chi connectivity index (χ4v) is 1.49. The second-order valence-corrected chi connectivity index (χ2v) is 4.52. The van der Waals surface area contributed by atoms with Crippen LogP contribution in [-0.4, -0.2) is 29.0 Å². The van der Waals surface area contributed by atoms with E-state index in [1.807, 2.05) is 0 Å². The van der Waals surface area contributed by atoms with Crippen molar-refractivity contribution in [1.82, 2.24) is 10.1 Å². The van der Waals surface area contributed by atoms with Gasteiger partial charge in [-0.1, -0.05) is 5.16 Å². The van der Waals surface area contributed by atoms with Crippen LogP contribution in [0.5, 0.6) is 0 Å². The molecule has 1 atom stereocenters. The standard InChI is InChI=1S/C10H12F5N3O2/c11-9(12,10(13,14)15)8-17-7(18-20-8)6(16)4-19-5-2-1-3-5/h5-6H,1-4,16H2. The molecule has 0 aromatic carbocycles. The molecule has 1 aromatic heterocycles. The van der Waals surface area contributed by atoms with E-state index in [-0.39, 0.29) is 12.7 Å². The van der Waals surface area contributed by atoms with E-state index < -0.39 is 29.9 Å². The maximum absolute atomic E-state index is 12.9. The summed E-state index contributed by atoms with van der Waals surface area (Å²) in [4.78, 5) is 3.02. The van der Waals surface area contributed by atoms with Crippen LogP contribution in [0.25, 0.3) is 0 Å². The molecule has 1 saturated carbocycles. The molecule has 1 aliphatic rings. The minimum absolute atomic E-state index is 0.0454. The number of ether oxygens (including phenoxy) is 1. The Morgan fingerprint density at radius 3 is 2.45 bits per heavy atom. The number of rotatable bonds is 5. The Hall–Kier alpha value is -1.29. The molecule has 10 heteroatoms. The first-order valence-corrected chi connectivity index (χ1v) is 5.87. The molecule has 0 amide bonds. The fraction of sp³-hybridized carbons (Fsp3) is 0.800. The zero-order valence-corrected chi connectivity index (χ0v) is 10.2. The van der Waals surface area contributed by atoms with Crippen molar-refractivity contribution >= 4 is 0 Å². The average Bonchev–Trinajstić information content (AvgIpc) is 2.74. The summed E-state index contributed by atoms with van der Waals surface area (Å²) in [7, 11) is 0. The SMILES string of the molecule is NC(COC1CCC1)c1noc(C(F)(F)C(F)(F)F)n1. The molecule has 114 valence electrons. The van der Waals surface area contributed by atoms with Crippen LogP contribution >= 0.6 is 0 Å². The van der Waals surface area contributed by atoms with Gasteiger partial charge in [-0.2, -0.15) is 26.9 Å². The highest BCUT2D eigenvalue weighted by molar-refractivity contribution is 5.00. The van der Waals surface area contributed by atoms with Crippen molar-refractivity contribution in [2.45, 2.75) is 43.5 Å². The smallest absolute Gasteiger partial charge is 0.376 e. The van der Waals surface area contributed by atoms with E-state index in [1.54, 1.807) is 0 Å². The first-order chi connectivity index (χ1) is 9.22. The lowest BCUT2D eigenvalue weighted by molar-refractivity contribution is -0.298. The van der Waals surface area contributed by atoms with E-state index >= 15 is 0 Å². The number of aromatic nitrogens is 2. The van der Waals surface area contributed by atoms with Gasteiger partial charge in [0.2, 0.25) is 0 Å². The molecule has 2 rings (SSSR count). The number of nitrogens with zero attached hydrogens (tertiary/aromatic N) is 2. The molecule has 1 unspecified atom stereocenters. The van der Waals surface area contributed by atoms with Gasteiger partial charge < -0.3 is 15.0 Å². The lowest BCUT2D eigenvalue weighted by Gasteiger charge is -2.26. The maximum Gasteiger partial charge on any atom is 0.463 e. The van der Waals surface area contributed by atoms with E-state index in [9.17, 15) is 22.0 Å². The molecular weight excluding hydrogens is 289 g/mol. The summed E-state index contributed by atoms with van der Waals surface area (Å²) in [6.07, 6.45) is -2.98. The van der Waals surface area contributed by atoms with Gasteiger partial charge in [-0.25, -0.2) is 0 Å². The molecule has 2 N–H and O–H groups in total. The fourth-order valence-electron chi connectivity index (χ4n) is 1.49. The van der Waals surface area contributed by atoms with E-state index in [4.69, 9.17) is 10.5 Å². The van der Waals surface area contributed by atoms with Crippen LogP contribution < -0.4 is 5.73 Å². The molecule has 5 nitrogen and oxygen atoms in total. The molecule has 1 heterocycles. The Balaban J connectivity index is 2.00. The van der Waals surface area contributed by atoms with E-state index in [0.29, 0.717) is 0 Å². The van der Waals surface area contributed by atoms with E-state index in [1.165, 1.54) is 0 Å². The van der Waals surface area contributed by atoms with Gasteiger partial charge in [-0.15, -0.1) is 0 Å². The van der Waals surface area contributed by atoms with Gasteiger partial charge in [-0.3, -0.25) is 0 Å². The van der Waals surface area contributed by atoms with Crippen molar-refractivity contribution in [3.63, 3.8) is 0 Å². The molecular formula is C10H12F5N3O2. The van der Waals surface area contributed by atoms with Crippen molar-refractivity contribution in [2.75, 3.05) is 6.61 Å². The van der Waals surface area contributed by atoms with Crippen molar-refractivity contribution in [2.24, 2.45) is 5.73 Å². The minimum Gasteiger partial charge on any atom is -0.376 e. The molecule has 0 spiro atoms. The summed E-state index contributed by atoms with van der Waals surface area (Å²) < 4.78 is 71.4. The lowest BCUT2D eigenvalue weighted by Crippen LogP contribution is -2.34. The number of alkyl halides is 5. The Bertz CT molecular complexity index is 458. The summed E-state index contributed by atoms with van der Waals surface area (Å²) >= 11 is 0. The molecule has 1 fully saturated rings. The normalized spacial score (nSPS) is 18.9. The van der Waals surface area contributed by atoms with Crippen molar-refractivity contribution in [1.29, 1.82) is 0 Å². The van der Waals surface area contributed by atoms with Crippen molar-refractivity contribution in [3.05, 3.63) is 11.7 Å². The Morgan fingerprint density at radius 2 is 1.95 bits per heavy atom. The summed E-state index contributed by atoms with van der Waals surface area (Å²) in [5.41, 5.74) is 5.55. The monoisotopic (exact) mass is 301 g/mol. The molecule has 20 heavy (non-hydrogen) atoms. The van der Waals surface area contributed by atoms with Gasteiger partial charge in [0.05, 0.1) is 18.8 Å². The predicted molar refractivity (Wildman–Crippen MR) is 54.8 cm³/mol. The third kappa shape index (κ3) is 2.90. The first-order valence-electron chi connectivity index (χ1n) is 5.87. The topological polar surface area (TPSA) is 74.2 Å². The number of nitrogens with two attached hydrogens (primary N) is 1. The highest BCUT2D eigenvalue weighted by Crippen LogP contribution is 2.43. The Morgan fingerprint density at radius 1 is 1.30 bits per heavy atom. The number of hydrogen-bond acceptors (Lipinski definition) is 5. The summed E-state index contributed by atoms with van der Waals surface area (Å²) in [6, 6.07) is -1.02. The lowest BCUT2D eigenvalue weighted by atomic mass is 9.96. The summed E-state index contributed by atoms with van der Waals surface area (Å²) in [5.74, 6) is -7.46. The second kappa shape index (κ2) is 5.24. The van der Waals surface area contributed by atoms with Gasteiger partial charge in [0.15, 0.2) is 5.82 Å². The first kappa shape index (κ1) is 15.1. The molecule has 0 radical (unpaired) electrons. The number of hydrogen-bond donors (Lipinski definition) is 1. The highest BCUT2D eigenvalue weighted by Gasteiger charge is 2.63. The van der Waals surface area contributed by atoms with E-state index in [2.05, 4.69) is 14.7 Å².